The van der Waals surface area contributed by atoms with Gasteiger partial charge in [0.2, 0.25) is 5.91 Å². The number of ketones is 1. The number of sulfonamides is 1. The monoisotopic (exact) mass is 606 g/mol. The number of ether oxygens (including phenoxy) is 1. The van der Waals surface area contributed by atoms with E-state index in [1.807, 2.05) is 18.2 Å². The topological polar surface area (TPSA) is 144 Å². The molecular weight excluding hydrogens is 576 g/mol. The number of fused-ring (bicyclic) bond motifs is 1. The fourth-order valence-electron chi connectivity index (χ4n) is 5.09. The highest BCUT2D eigenvalue weighted by molar-refractivity contribution is 7.94. The van der Waals surface area contributed by atoms with E-state index in [-0.39, 0.29) is 27.5 Å². The van der Waals surface area contributed by atoms with Crippen molar-refractivity contribution in [1.82, 2.24) is 24.8 Å². The molecule has 3 aromatic heterocycles. The molecule has 0 aliphatic carbocycles. The average molecular weight is 607 g/mol. The first-order chi connectivity index (χ1) is 20.1. The second-order valence-corrected chi connectivity index (χ2v) is 13.1. The largest absolute Gasteiger partial charge is 0.494 e. The molecule has 0 spiro atoms. The van der Waals surface area contributed by atoms with Crippen molar-refractivity contribution in [3.63, 3.8) is 0 Å². The molecule has 0 radical (unpaired) electrons. The maximum atomic E-state index is 13.4. The number of benzene rings is 1. The molecule has 1 amide bonds. The summed E-state index contributed by atoms with van der Waals surface area (Å²) < 4.78 is 35.2. The highest BCUT2D eigenvalue weighted by atomic mass is 32.2. The Kier molecular flexibility index (Phi) is 8.32. The number of hydrogen-bond acceptors (Lipinski definition) is 10. The third-order valence-electron chi connectivity index (χ3n) is 7.07. The molecule has 218 valence electrons. The third kappa shape index (κ3) is 6.02. The molecule has 0 atom stereocenters. The lowest BCUT2D eigenvalue weighted by atomic mass is 9.90. The number of carbonyl (C=O) groups is 2. The molecular formula is C29H30N6O5S2. The number of thiazole rings is 1. The number of aromatic nitrogens is 4. The Labute approximate surface area is 247 Å². The van der Waals surface area contributed by atoms with E-state index in [2.05, 4.69) is 24.7 Å². The van der Waals surface area contributed by atoms with Crippen molar-refractivity contribution >= 4 is 49.6 Å². The van der Waals surface area contributed by atoms with Crippen LogP contribution in [0, 0.1) is 13.8 Å². The number of piperidine rings is 1. The number of nitrogens with zero attached hydrogens (tertiary/aromatic N) is 5. The van der Waals surface area contributed by atoms with Crippen LogP contribution in [0.1, 0.15) is 42.1 Å². The van der Waals surface area contributed by atoms with Gasteiger partial charge in [-0.1, -0.05) is 6.07 Å². The lowest BCUT2D eigenvalue weighted by Crippen LogP contribution is -2.37. The molecule has 1 aliphatic heterocycles. The normalized spacial score (nSPS) is 14.4. The van der Waals surface area contributed by atoms with Gasteiger partial charge >= 0.3 is 0 Å². The van der Waals surface area contributed by atoms with Crippen LogP contribution in [0.5, 0.6) is 5.75 Å². The van der Waals surface area contributed by atoms with Crippen LogP contribution < -0.4 is 9.46 Å². The van der Waals surface area contributed by atoms with Crippen LogP contribution in [-0.2, 0) is 19.6 Å². The zero-order valence-electron chi connectivity index (χ0n) is 23.6. The van der Waals surface area contributed by atoms with Crippen LogP contribution in [0.25, 0.3) is 22.2 Å². The average Bonchev–Trinajstić information content (AvgIpc) is 3.33. The summed E-state index contributed by atoms with van der Waals surface area (Å²) in [6, 6.07) is 7.21. The third-order valence-corrected chi connectivity index (χ3v) is 10.1. The zero-order chi connectivity index (χ0) is 30.0. The lowest BCUT2D eigenvalue weighted by molar-refractivity contribution is -0.127. The van der Waals surface area contributed by atoms with Gasteiger partial charge in [0, 0.05) is 48.3 Å². The Balaban J connectivity index is 1.49. The van der Waals surface area contributed by atoms with Crippen LogP contribution in [-0.4, -0.2) is 65.1 Å². The first kappa shape index (κ1) is 29.3. The summed E-state index contributed by atoms with van der Waals surface area (Å²) in [4.78, 5) is 43.3. The predicted octanol–water partition coefficient (Wildman–Crippen LogP) is 4.43. The van der Waals surface area contributed by atoms with E-state index >= 15 is 0 Å². The van der Waals surface area contributed by atoms with Gasteiger partial charge in [0.25, 0.3) is 10.0 Å². The first-order valence-corrected chi connectivity index (χ1v) is 15.6. The van der Waals surface area contributed by atoms with Gasteiger partial charge in [-0.15, -0.1) is 11.3 Å². The minimum absolute atomic E-state index is 0.0837. The Hall–Kier alpha value is -4.23. The van der Waals surface area contributed by atoms with Crippen molar-refractivity contribution in [3.8, 4) is 17.0 Å². The fraction of sp³-hybridized carbons (Fsp3) is 0.310. The van der Waals surface area contributed by atoms with E-state index in [0.29, 0.717) is 53.6 Å². The van der Waals surface area contributed by atoms with Crippen LogP contribution in [0.4, 0.5) is 5.69 Å². The molecule has 1 aromatic carbocycles. The number of allylic oxidation sites excluding steroid dienone is 1. The van der Waals surface area contributed by atoms with Gasteiger partial charge in [0.15, 0.2) is 9.99 Å². The number of carbonyl (C=O) groups excluding carboxylic acids is 2. The van der Waals surface area contributed by atoms with Crippen LogP contribution >= 0.6 is 11.3 Å². The van der Waals surface area contributed by atoms with Gasteiger partial charge < -0.3 is 9.64 Å². The Bertz CT molecular complexity index is 1810. The molecule has 0 saturated carbocycles. The van der Waals surface area contributed by atoms with Crippen molar-refractivity contribution in [2.24, 2.45) is 0 Å². The SMILES string of the molecule is COc1ccnc(-c2ccc3ncnc(C4CCN(C(=O)/C=C/C(C)=O)CC4)c3c2)c1NS(=O)(=O)c1sc(C)nc1C. The van der Waals surface area contributed by atoms with Crippen molar-refractivity contribution in [2.45, 2.75) is 43.7 Å². The van der Waals surface area contributed by atoms with E-state index in [4.69, 9.17) is 4.74 Å². The maximum Gasteiger partial charge on any atom is 0.273 e. The molecule has 42 heavy (non-hydrogen) atoms. The fourth-order valence-corrected chi connectivity index (χ4v) is 7.65. The lowest BCUT2D eigenvalue weighted by Gasteiger charge is -2.31. The minimum Gasteiger partial charge on any atom is -0.494 e. The molecule has 4 aromatic rings. The van der Waals surface area contributed by atoms with E-state index in [9.17, 15) is 18.0 Å². The van der Waals surface area contributed by atoms with Crippen LogP contribution in [0.15, 0.2) is 53.2 Å². The standard InChI is InChI=1S/C29H30N6O5S2/c1-17(36)5-8-25(37)35-13-10-20(11-14-35)26-22-15-21(6-7-23(22)31-16-32-26)27-28(24(40-4)9-12-30-27)34-42(38,39)29-18(2)33-19(3)41-29/h5-9,12,15-16,20,34H,10-11,13-14H2,1-4H3/b8-5+. The van der Waals surface area contributed by atoms with E-state index in [1.54, 1.807) is 31.0 Å². The molecule has 5 rings (SSSR count). The summed E-state index contributed by atoms with van der Waals surface area (Å²) in [7, 11) is -2.50. The Morgan fingerprint density at radius 3 is 2.52 bits per heavy atom. The van der Waals surface area contributed by atoms with Crippen molar-refractivity contribution < 1.29 is 22.7 Å². The maximum absolute atomic E-state index is 13.4. The highest BCUT2D eigenvalue weighted by Crippen LogP contribution is 2.39. The van der Waals surface area contributed by atoms with Crippen molar-refractivity contribution in [3.05, 3.63) is 65.3 Å². The summed E-state index contributed by atoms with van der Waals surface area (Å²) in [6.45, 7) is 5.91. The summed E-state index contributed by atoms with van der Waals surface area (Å²) >= 11 is 1.10. The molecule has 4 heterocycles. The number of aryl methyl sites for hydroxylation is 2. The molecule has 1 fully saturated rings. The van der Waals surface area contributed by atoms with Gasteiger partial charge in [-0.05, 0) is 51.8 Å². The van der Waals surface area contributed by atoms with Crippen molar-refractivity contribution in [2.75, 3.05) is 24.9 Å². The molecule has 1 N–H and O–H groups in total. The summed E-state index contributed by atoms with van der Waals surface area (Å²) in [5.74, 6) is 0.0568. The number of hydrogen-bond donors (Lipinski definition) is 1. The van der Waals surface area contributed by atoms with Crippen LogP contribution in [0.3, 0.4) is 0 Å². The number of amides is 1. The number of anilines is 1. The highest BCUT2D eigenvalue weighted by Gasteiger charge is 2.27. The minimum atomic E-state index is -3.97. The molecule has 0 unspecified atom stereocenters. The summed E-state index contributed by atoms with van der Waals surface area (Å²) in [5.41, 5.74) is 3.29. The molecule has 1 aliphatic rings. The van der Waals surface area contributed by atoms with Gasteiger partial charge in [-0.3, -0.25) is 19.3 Å². The number of likely N-dealkylation sites (tertiary alicyclic amines) is 1. The van der Waals surface area contributed by atoms with Gasteiger partial charge in [0.1, 0.15) is 17.8 Å². The van der Waals surface area contributed by atoms with Gasteiger partial charge in [-0.25, -0.2) is 23.4 Å². The van der Waals surface area contributed by atoms with E-state index < -0.39 is 10.0 Å². The number of methoxy groups -OCH3 is 1. The molecule has 13 heteroatoms. The Morgan fingerprint density at radius 2 is 1.86 bits per heavy atom. The second-order valence-electron chi connectivity index (χ2n) is 9.98. The molecule has 11 nitrogen and oxygen atoms in total. The van der Waals surface area contributed by atoms with Gasteiger partial charge in [0.05, 0.1) is 34.7 Å². The first-order valence-electron chi connectivity index (χ1n) is 13.3. The van der Waals surface area contributed by atoms with E-state index in [0.717, 1.165) is 27.9 Å². The summed E-state index contributed by atoms with van der Waals surface area (Å²) in [6.07, 6.45) is 7.10. The second kappa shape index (κ2) is 11.9. The quantitative estimate of drug-likeness (QED) is 0.288. The predicted molar refractivity (Wildman–Crippen MR) is 160 cm³/mol. The smallest absolute Gasteiger partial charge is 0.273 e. The van der Waals surface area contributed by atoms with Crippen molar-refractivity contribution in [1.29, 1.82) is 0 Å². The van der Waals surface area contributed by atoms with E-state index in [1.165, 1.54) is 32.5 Å². The number of pyridine rings is 1. The Morgan fingerprint density at radius 1 is 1.10 bits per heavy atom. The zero-order valence-corrected chi connectivity index (χ0v) is 25.3. The number of rotatable bonds is 8. The molecule has 0 bridgehead atoms. The number of nitrogens with one attached hydrogen (secondary N) is 1. The van der Waals surface area contributed by atoms with Gasteiger partial charge in [-0.2, -0.15) is 0 Å². The molecule has 1 saturated heterocycles. The summed E-state index contributed by atoms with van der Waals surface area (Å²) in [5, 5.41) is 1.47. The van der Waals surface area contributed by atoms with Crippen LogP contribution in [0.2, 0.25) is 0 Å².